The molecule has 7 heteroatoms. The molecule has 0 spiro atoms. The molecule has 20 heavy (non-hydrogen) atoms. The monoisotopic (exact) mass is 318 g/mol. The zero-order valence-electron chi connectivity index (χ0n) is 11.9. The third-order valence-corrected chi connectivity index (χ3v) is 6.57. The third-order valence-electron chi connectivity index (χ3n) is 3.84. The Morgan fingerprint density at radius 2 is 2.20 bits per heavy atom. The second-order valence-electron chi connectivity index (χ2n) is 5.40. The van der Waals surface area contributed by atoms with Crippen molar-refractivity contribution in [3.05, 3.63) is 15.8 Å². The molecule has 3 N–H and O–H groups in total. The van der Waals surface area contributed by atoms with Gasteiger partial charge in [-0.25, -0.2) is 13.1 Å². The molecule has 5 nitrogen and oxygen atoms in total. The van der Waals surface area contributed by atoms with E-state index < -0.39 is 10.0 Å². The second kappa shape index (κ2) is 6.11. The summed E-state index contributed by atoms with van der Waals surface area (Å²) in [6.45, 7) is 3.36. The summed E-state index contributed by atoms with van der Waals surface area (Å²) in [6, 6.07) is 1.68. The van der Waals surface area contributed by atoms with Gasteiger partial charge in [0.2, 0.25) is 10.0 Å². The first-order valence-electron chi connectivity index (χ1n) is 6.70. The van der Waals surface area contributed by atoms with Crippen molar-refractivity contribution in [1.82, 2.24) is 4.72 Å². The van der Waals surface area contributed by atoms with Crippen molar-refractivity contribution in [1.29, 1.82) is 0 Å². The van der Waals surface area contributed by atoms with Crippen molar-refractivity contribution >= 4 is 21.4 Å². The van der Waals surface area contributed by atoms with E-state index >= 15 is 0 Å². The van der Waals surface area contributed by atoms with Crippen LogP contribution in [0.3, 0.4) is 0 Å². The Kier molecular flexibility index (Phi) is 4.86. The molecule has 0 aliphatic heterocycles. The summed E-state index contributed by atoms with van der Waals surface area (Å²) in [7, 11) is -1.76. The molecular weight excluding hydrogens is 296 g/mol. The second-order valence-corrected chi connectivity index (χ2v) is 8.48. The predicted octanol–water partition coefficient (Wildman–Crippen LogP) is 1.61. The van der Waals surface area contributed by atoms with Gasteiger partial charge in [-0.3, -0.25) is 0 Å². The SMILES string of the molecule is COCCC1(CNS(=O)(=O)c2cc(CN)sc2C)CC1. The maximum Gasteiger partial charge on any atom is 0.241 e. The van der Waals surface area contributed by atoms with Crippen LogP contribution >= 0.6 is 11.3 Å². The largest absolute Gasteiger partial charge is 0.385 e. The minimum absolute atomic E-state index is 0.101. The van der Waals surface area contributed by atoms with Crippen LogP contribution in [0.15, 0.2) is 11.0 Å². The van der Waals surface area contributed by atoms with Gasteiger partial charge in [0.05, 0.1) is 4.90 Å². The van der Waals surface area contributed by atoms with Crippen LogP contribution < -0.4 is 10.5 Å². The number of hydrogen-bond donors (Lipinski definition) is 2. The molecule has 1 fully saturated rings. The Balaban J connectivity index is 2.02. The van der Waals surface area contributed by atoms with E-state index in [4.69, 9.17) is 10.5 Å². The maximum atomic E-state index is 12.4. The molecule has 0 atom stereocenters. The predicted molar refractivity (Wildman–Crippen MR) is 80.3 cm³/mol. The zero-order valence-corrected chi connectivity index (χ0v) is 13.6. The van der Waals surface area contributed by atoms with Gasteiger partial charge in [-0.1, -0.05) is 0 Å². The Bertz CT molecular complexity index is 562. The number of sulfonamides is 1. The number of nitrogens with two attached hydrogens (primary N) is 1. The maximum absolute atomic E-state index is 12.4. The van der Waals surface area contributed by atoms with Gasteiger partial charge in [-0.05, 0) is 37.7 Å². The fourth-order valence-electron chi connectivity index (χ4n) is 2.23. The molecule has 0 aromatic carbocycles. The molecule has 0 amide bonds. The number of rotatable bonds is 8. The van der Waals surface area contributed by atoms with Gasteiger partial charge >= 0.3 is 0 Å². The van der Waals surface area contributed by atoms with Crippen molar-refractivity contribution in [2.75, 3.05) is 20.3 Å². The molecule has 0 saturated heterocycles. The molecule has 0 unspecified atom stereocenters. The summed E-state index contributed by atoms with van der Waals surface area (Å²) in [5.74, 6) is 0. The van der Waals surface area contributed by atoms with Gasteiger partial charge in [-0.2, -0.15) is 0 Å². The lowest BCUT2D eigenvalue weighted by atomic mass is 10.0. The van der Waals surface area contributed by atoms with Crippen molar-refractivity contribution < 1.29 is 13.2 Å². The summed E-state index contributed by atoms with van der Waals surface area (Å²) in [4.78, 5) is 2.05. The van der Waals surface area contributed by atoms with E-state index in [0.717, 1.165) is 29.0 Å². The smallest absolute Gasteiger partial charge is 0.241 e. The number of ether oxygens (including phenoxy) is 1. The number of nitrogens with one attached hydrogen (secondary N) is 1. The molecule has 1 aromatic rings. The lowest BCUT2D eigenvalue weighted by Crippen LogP contribution is -2.31. The summed E-state index contributed by atoms with van der Waals surface area (Å²) in [6.07, 6.45) is 3.04. The van der Waals surface area contributed by atoms with E-state index in [9.17, 15) is 8.42 Å². The van der Waals surface area contributed by atoms with Crippen LogP contribution in [-0.2, 0) is 21.3 Å². The van der Waals surface area contributed by atoms with Crippen molar-refractivity contribution in [3.63, 3.8) is 0 Å². The lowest BCUT2D eigenvalue weighted by Gasteiger charge is -2.15. The fourth-order valence-corrected chi connectivity index (χ4v) is 4.90. The Hall–Kier alpha value is -0.470. The average Bonchev–Trinajstić information content (AvgIpc) is 3.09. The number of hydrogen-bond acceptors (Lipinski definition) is 5. The van der Waals surface area contributed by atoms with Gasteiger partial charge in [0, 0.05) is 36.6 Å². The highest BCUT2D eigenvalue weighted by atomic mass is 32.2. The van der Waals surface area contributed by atoms with Crippen molar-refractivity contribution in [2.45, 2.75) is 37.6 Å². The van der Waals surface area contributed by atoms with Crippen LogP contribution in [0, 0.1) is 12.3 Å². The minimum Gasteiger partial charge on any atom is -0.385 e. The number of thiophene rings is 1. The average molecular weight is 318 g/mol. The molecular formula is C13H22N2O3S2. The molecule has 1 aliphatic carbocycles. The molecule has 0 bridgehead atoms. The highest BCUT2D eigenvalue weighted by Crippen LogP contribution is 2.48. The lowest BCUT2D eigenvalue weighted by molar-refractivity contribution is 0.173. The van der Waals surface area contributed by atoms with Crippen LogP contribution in [0.2, 0.25) is 0 Å². The van der Waals surface area contributed by atoms with E-state index in [1.807, 2.05) is 6.92 Å². The van der Waals surface area contributed by atoms with E-state index in [0.29, 0.717) is 24.6 Å². The summed E-state index contributed by atoms with van der Waals surface area (Å²) >= 11 is 1.44. The quantitative estimate of drug-likeness (QED) is 0.763. The standard InChI is InChI=1S/C13H22N2O3S2/c1-10-12(7-11(8-14)19-10)20(16,17)15-9-13(3-4-13)5-6-18-2/h7,15H,3-6,8-9,14H2,1-2H3. The topological polar surface area (TPSA) is 81.4 Å². The first-order chi connectivity index (χ1) is 9.42. The molecule has 1 saturated carbocycles. The Morgan fingerprint density at radius 1 is 1.50 bits per heavy atom. The van der Waals surface area contributed by atoms with Crippen molar-refractivity contribution in [3.8, 4) is 0 Å². The highest BCUT2D eigenvalue weighted by molar-refractivity contribution is 7.89. The third kappa shape index (κ3) is 3.59. The van der Waals surface area contributed by atoms with Crippen LogP contribution in [0.1, 0.15) is 29.0 Å². The van der Waals surface area contributed by atoms with Gasteiger partial charge in [0.1, 0.15) is 0 Å². The fraction of sp³-hybridized carbons (Fsp3) is 0.692. The zero-order chi connectivity index (χ0) is 14.8. The molecule has 1 aromatic heterocycles. The Morgan fingerprint density at radius 3 is 2.70 bits per heavy atom. The summed E-state index contributed by atoms with van der Waals surface area (Å²) in [5.41, 5.74) is 5.67. The van der Waals surface area contributed by atoms with Gasteiger partial charge in [-0.15, -0.1) is 11.3 Å². The molecule has 1 heterocycles. The molecule has 0 radical (unpaired) electrons. The number of aryl methyl sites for hydroxylation is 1. The van der Waals surface area contributed by atoms with E-state index in [1.54, 1.807) is 13.2 Å². The molecule has 114 valence electrons. The van der Waals surface area contributed by atoms with Crippen LogP contribution in [-0.4, -0.2) is 28.7 Å². The van der Waals surface area contributed by atoms with Gasteiger partial charge < -0.3 is 10.5 Å². The summed E-state index contributed by atoms with van der Waals surface area (Å²) in [5, 5.41) is 0. The van der Waals surface area contributed by atoms with Crippen molar-refractivity contribution in [2.24, 2.45) is 11.1 Å². The van der Waals surface area contributed by atoms with E-state index in [2.05, 4.69) is 4.72 Å². The molecule has 2 rings (SSSR count). The Labute approximate surface area is 124 Å². The van der Waals surface area contributed by atoms with Crippen LogP contribution in [0.4, 0.5) is 0 Å². The number of methoxy groups -OCH3 is 1. The highest BCUT2D eigenvalue weighted by Gasteiger charge is 2.42. The van der Waals surface area contributed by atoms with E-state index in [1.165, 1.54) is 11.3 Å². The summed E-state index contributed by atoms with van der Waals surface area (Å²) < 4.78 is 32.5. The van der Waals surface area contributed by atoms with E-state index in [-0.39, 0.29) is 5.41 Å². The minimum atomic E-state index is -3.43. The molecule has 1 aliphatic rings. The first-order valence-corrected chi connectivity index (χ1v) is 9.00. The van der Waals surface area contributed by atoms with Crippen LogP contribution in [0.25, 0.3) is 0 Å². The first kappa shape index (κ1) is 15.9. The van der Waals surface area contributed by atoms with Gasteiger partial charge in [0.15, 0.2) is 0 Å². The van der Waals surface area contributed by atoms with Crippen LogP contribution in [0.5, 0.6) is 0 Å². The van der Waals surface area contributed by atoms with Gasteiger partial charge in [0.25, 0.3) is 0 Å². The normalized spacial score (nSPS) is 17.4.